The van der Waals surface area contributed by atoms with Crippen LogP contribution in [-0.2, 0) is 12.8 Å². The summed E-state index contributed by atoms with van der Waals surface area (Å²) in [6.45, 7) is 3.79. The number of nitrogens with one attached hydrogen (secondary N) is 1. The third-order valence-corrected chi connectivity index (χ3v) is 3.56. The van der Waals surface area contributed by atoms with Crippen molar-refractivity contribution in [3.05, 3.63) is 64.2 Å². The van der Waals surface area contributed by atoms with Crippen molar-refractivity contribution in [3.63, 3.8) is 0 Å². The van der Waals surface area contributed by atoms with Gasteiger partial charge in [0.25, 0.3) is 5.91 Å². The largest absolute Gasteiger partial charge is 0.487 e. The molecule has 2 aromatic rings. The molecule has 0 spiro atoms. The lowest BCUT2D eigenvalue weighted by Gasteiger charge is -2.12. The van der Waals surface area contributed by atoms with Crippen molar-refractivity contribution in [3.8, 4) is 5.75 Å². The number of benzene rings is 2. The molecule has 1 N–H and O–H groups in total. The van der Waals surface area contributed by atoms with Crippen LogP contribution in [0.15, 0.2) is 42.5 Å². The number of amides is 1. The van der Waals surface area contributed by atoms with Crippen molar-refractivity contribution >= 4 is 17.5 Å². The van der Waals surface area contributed by atoms with E-state index in [2.05, 4.69) is 5.32 Å². The van der Waals surface area contributed by atoms with Gasteiger partial charge < -0.3 is 10.1 Å². The number of rotatable bonds is 5. The first kappa shape index (κ1) is 19.1. The number of hydrogen-bond donors (Lipinski definition) is 1. The molecule has 0 aliphatic rings. The van der Waals surface area contributed by atoms with Gasteiger partial charge in [0.05, 0.1) is 10.6 Å². The summed E-state index contributed by atoms with van der Waals surface area (Å²) in [5.74, 6) is -0.0592. The zero-order chi connectivity index (χ0) is 18.6. The molecule has 0 unspecified atom stereocenters. The maximum atomic E-state index is 12.6. The molecule has 2 aromatic carbocycles. The molecule has 0 heterocycles. The average molecular weight is 372 g/mol. The lowest BCUT2D eigenvalue weighted by Crippen LogP contribution is -2.30. The normalized spacial score (nSPS) is 11.5. The second kappa shape index (κ2) is 7.78. The van der Waals surface area contributed by atoms with E-state index in [0.717, 1.165) is 12.1 Å². The van der Waals surface area contributed by atoms with E-state index in [-0.39, 0.29) is 29.3 Å². The summed E-state index contributed by atoms with van der Waals surface area (Å²) < 4.78 is 43.3. The van der Waals surface area contributed by atoms with Gasteiger partial charge in [-0.05, 0) is 49.7 Å². The number of alkyl halides is 3. The number of ether oxygens (including phenoxy) is 1. The Hall–Kier alpha value is -2.21. The summed E-state index contributed by atoms with van der Waals surface area (Å²) in [5.41, 5.74) is 0.345. The van der Waals surface area contributed by atoms with E-state index >= 15 is 0 Å². The fourth-order valence-corrected chi connectivity index (χ4v) is 2.34. The molecule has 0 aromatic heterocycles. The summed E-state index contributed by atoms with van der Waals surface area (Å²) in [5, 5.41) is 2.66. The van der Waals surface area contributed by atoms with Crippen LogP contribution in [0.4, 0.5) is 13.2 Å². The van der Waals surface area contributed by atoms with Gasteiger partial charge in [0.2, 0.25) is 0 Å². The van der Waals surface area contributed by atoms with Crippen molar-refractivity contribution in [2.75, 3.05) is 0 Å². The van der Waals surface area contributed by atoms with Crippen LogP contribution in [0.3, 0.4) is 0 Å². The van der Waals surface area contributed by atoms with Crippen molar-refractivity contribution in [2.24, 2.45) is 0 Å². The van der Waals surface area contributed by atoms with Gasteiger partial charge in [0, 0.05) is 11.6 Å². The van der Waals surface area contributed by atoms with E-state index in [9.17, 15) is 18.0 Å². The predicted octanol–water partition coefficient (Wildman–Crippen LogP) is 5.08. The maximum absolute atomic E-state index is 12.6. The van der Waals surface area contributed by atoms with Crippen molar-refractivity contribution in [1.29, 1.82) is 0 Å². The van der Waals surface area contributed by atoms with Gasteiger partial charge in [-0.2, -0.15) is 13.2 Å². The molecule has 0 fully saturated rings. The molecule has 7 heteroatoms. The van der Waals surface area contributed by atoms with Crippen LogP contribution in [0.5, 0.6) is 5.75 Å². The molecule has 0 radical (unpaired) electrons. The average Bonchev–Trinajstić information content (AvgIpc) is 2.52. The molecule has 0 aliphatic heterocycles. The smallest absolute Gasteiger partial charge is 0.416 e. The van der Waals surface area contributed by atoms with Gasteiger partial charge in [0.15, 0.2) is 0 Å². The zero-order valence-corrected chi connectivity index (χ0v) is 14.4. The number of hydrogen-bond acceptors (Lipinski definition) is 2. The molecule has 1 amide bonds. The van der Waals surface area contributed by atoms with Crippen LogP contribution < -0.4 is 10.1 Å². The van der Waals surface area contributed by atoms with Crippen molar-refractivity contribution in [1.82, 2.24) is 5.32 Å². The number of carbonyl (C=O) groups excluding carboxylic acids is 1. The first-order valence-electron chi connectivity index (χ1n) is 7.56. The van der Waals surface area contributed by atoms with Gasteiger partial charge in [0.1, 0.15) is 12.4 Å². The first-order valence-corrected chi connectivity index (χ1v) is 7.94. The summed E-state index contributed by atoms with van der Waals surface area (Å²) in [6.07, 6.45) is -4.46. The third-order valence-electron chi connectivity index (χ3n) is 3.26. The molecule has 3 nitrogen and oxygen atoms in total. The minimum Gasteiger partial charge on any atom is -0.487 e. The summed E-state index contributed by atoms with van der Waals surface area (Å²) in [4.78, 5) is 12.0. The van der Waals surface area contributed by atoms with Gasteiger partial charge in [-0.3, -0.25) is 4.79 Å². The van der Waals surface area contributed by atoms with Crippen LogP contribution in [0.1, 0.15) is 35.3 Å². The first-order chi connectivity index (χ1) is 11.7. The molecule has 0 saturated carbocycles. The second-order valence-electron chi connectivity index (χ2n) is 5.76. The van der Waals surface area contributed by atoms with E-state index in [1.807, 2.05) is 13.8 Å². The Morgan fingerprint density at radius 1 is 1.20 bits per heavy atom. The minimum absolute atomic E-state index is 0.0124. The van der Waals surface area contributed by atoms with E-state index in [4.69, 9.17) is 16.3 Å². The summed E-state index contributed by atoms with van der Waals surface area (Å²) >= 11 is 5.85. The van der Waals surface area contributed by atoms with Gasteiger partial charge in [-0.25, -0.2) is 0 Å². The predicted molar refractivity (Wildman–Crippen MR) is 89.8 cm³/mol. The molecule has 134 valence electrons. The minimum atomic E-state index is -4.46. The zero-order valence-electron chi connectivity index (χ0n) is 13.7. The topological polar surface area (TPSA) is 38.3 Å². The maximum Gasteiger partial charge on any atom is 0.416 e. The lowest BCUT2D eigenvalue weighted by atomic mass is 10.1. The molecule has 0 aliphatic carbocycles. The quantitative estimate of drug-likeness (QED) is 0.796. The SMILES string of the molecule is CC(C)NC(=O)c1cccc(COc2ccc(C(F)(F)F)cc2Cl)c1. The highest BCUT2D eigenvalue weighted by molar-refractivity contribution is 6.32. The molecule has 25 heavy (non-hydrogen) atoms. The molecular weight excluding hydrogens is 355 g/mol. The highest BCUT2D eigenvalue weighted by atomic mass is 35.5. The van der Waals surface area contributed by atoms with E-state index in [1.54, 1.807) is 24.3 Å². The molecule has 2 rings (SSSR count). The molecule has 0 bridgehead atoms. The Labute approximate surface area is 148 Å². The highest BCUT2D eigenvalue weighted by Gasteiger charge is 2.31. The Kier molecular flexibility index (Phi) is 5.95. The Balaban J connectivity index is 2.08. The standard InChI is InChI=1S/C18H17ClF3NO2/c1-11(2)23-17(24)13-5-3-4-12(8-13)10-25-16-7-6-14(9-15(16)19)18(20,21)22/h3-9,11H,10H2,1-2H3,(H,23,24). The monoisotopic (exact) mass is 371 g/mol. The number of carbonyl (C=O) groups is 1. The van der Waals surface area contributed by atoms with Crippen LogP contribution in [-0.4, -0.2) is 11.9 Å². The second-order valence-corrected chi connectivity index (χ2v) is 6.17. The van der Waals surface area contributed by atoms with Gasteiger partial charge >= 0.3 is 6.18 Å². The Bertz CT molecular complexity index is 760. The van der Waals surface area contributed by atoms with Crippen LogP contribution in [0.25, 0.3) is 0 Å². The fourth-order valence-electron chi connectivity index (χ4n) is 2.10. The Morgan fingerprint density at radius 3 is 2.52 bits per heavy atom. The van der Waals surface area contributed by atoms with Gasteiger partial charge in [-0.1, -0.05) is 23.7 Å². The molecule has 0 saturated heterocycles. The van der Waals surface area contributed by atoms with Crippen molar-refractivity contribution < 1.29 is 22.7 Å². The van der Waals surface area contributed by atoms with Crippen LogP contribution in [0, 0.1) is 0 Å². The molecule has 0 atom stereocenters. The Morgan fingerprint density at radius 2 is 1.92 bits per heavy atom. The van der Waals surface area contributed by atoms with Crippen LogP contribution >= 0.6 is 11.6 Å². The summed E-state index contributed by atoms with van der Waals surface area (Å²) in [7, 11) is 0. The van der Waals surface area contributed by atoms with E-state index in [0.29, 0.717) is 11.1 Å². The van der Waals surface area contributed by atoms with E-state index < -0.39 is 11.7 Å². The highest BCUT2D eigenvalue weighted by Crippen LogP contribution is 2.34. The fraction of sp³-hybridized carbons (Fsp3) is 0.278. The summed E-state index contributed by atoms with van der Waals surface area (Å²) in [6, 6.07) is 9.73. The van der Waals surface area contributed by atoms with Crippen molar-refractivity contribution in [2.45, 2.75) is 32.7 Å². The van der Waals surface area contributed by atoms with Crippen LogP contribution in [0.2, 0.25) is 5.02 Å². The third kappa shape index (κ3) is 5.39. The molecular formula is C18H17ClF3NO2. The lowest BCUT2D eigenvalue weighted by molar-refractivity contribution is -0.137. The number of halogens is 4. The van der Waals surface area contributed by atoms with E-state index in [1.165, 1.54) is 6.07 Å². The van der Waals surface area contributed by atoms with Gasteiger partial charge in [-0.15, -0.1) is 0 Å².